The molecular formula is C11H11F3N2O. The van der Waals surface area contributed by atoms with E-state index in [0.717, 1.165) is 12.1 Å². The van der Waals surface area contributed by atoms with Crippen LogP contribution >= 0.6 is 0 Å². The summed E-state index contributed by atoms with van der Waals surface area (Å²) in [7, 11) is 1.63. The van der Waals surface area contributed by atoms with Gasteiger partial charge in [0.25, 0.3) is 0 Å². The van der Waals surface area contributed by atoms with Crippen LogP contribution in [0.2, 0.25) is 0 Å². The quantitative estimate of drug-likeness (QED) is 0.804. The van der Waals surface area contributed by atoms with Gasteiger partial charge in [0.1, 0.15) is 6.04 Å². The molecule has 6 heteroatoms. The number of hydrogen-bond acceptors (Lipinski definition) is 2. The monoisotopic (exact) mass is 244 g/mol. The maximum atomic E-state index is 13.3. The van der Waals surface area contributed by atoms with Crippen molar-refractivity contribution in [1.82, 2.24) is 4.90 Å². The molecule has 0 radical (unpaired) electrons. The molecule has 2 rings (SSSR count). The van der Waals surface area contributed by atoms with Crippen LogP contribution in [-0.2, 0) is 4.79 Å². The lowest BCUT2D eigenvalue weighted by Gasteiger charge is -2.14. The Morgan fingerprint density at radius 2 is 2.00 bits per heavy atom. The molecule has 1 N–H and O–H groups in total. The number of carbonyl (C=O) groups is 1. The standard InChI is InChI=1S/C11H11F3N2O/c1-16-5-4-8(11(16)17)15-7-3-2-6(12)9(13)10(7)14/h2-3,8,15H,4-5H2,1H3. The van der Waals surface area contributed by atoms with E-state index in [-0.39, 0.29) is 11.6 Å². The van der Waals surface area contributed by atoms with Gasteiger partial charge in [-0.25, -0.2) is 13.2 Å². The first kappa shape index (κ1) is 11.8. The highest BCUT2D eigenvalue weighted by Crippen LogP contribution is 2.22. The van der Waals surface area contributed by atoms with Gasteiger partial charge in [-0.15, -0.1) is 0 Å². The highest BCUT2D eigenvalue weighted by Gasteiger charge is 2.29. The van der Waals surface area contributed by atoms with Crippen molar-refractivity contribution in [2.75, 3.05) is 18.9 Å². The number of halogens is 3. The van der Waals surface area contributed by atoms with Crippen molar-refractivity contribution in [3.8, 4) is 0 Å². The van der Waals surface area contributed by atoms with Gasteiger partial charge in [0, 0.05) is 13.6 Å². The number of likely N-dealkylation sites (N-methyl/N-ethyl adjacent to an activating group) is 1. The molecule has 1 aliphatic rings. The van der Waals surface area contributed by atoms with Crippen molar-refractivity contribution in [2.24, 2.45) is 0 Å². The fraction of sp³-hybridized carbons (Fsp3) is 0.364. The van der Waals surface area contributed by atoms with Gasteiger partial charge in [-0.05, 0) is 18.6 Å². The minimum Gasteiger partial charge on any atom is -0.371 e. The second kappa shape index (κ2) is 4.27. The van der Waals surface area contributed by atoms with Gasteiger partial charge in [0.05, 0.1) is 5.69 Å². The van der Waals surface area contributed by atoms with Crippen LogP contribution < -0.4 is 5.32 Å². The molecule has 3 nitrogen and oxygen atoms in total. The summed E-state index contributed by atoms with van der Waals surface area (Å²) in [5.74, 6) is -4.27. The molecule has 1 saturated heterocycles. The molecule has 92 valence electrons. The summed E-state index contributed by atoms with van der Waals surface area (Å²) in [6.07, 6.45) is 0.508. The predicted octanol–water partition coefficient (Wildman–Crippen LogP) is 1.75. The summed E-state index contributed by atoms with van der Waals surface area (Å²) in [5, 5.41) is 2.58. The van der Waals surface area contributed by atoms with Gasteiger partial charge in [0.15, 0.2) is 17.5 Å². The molecule has 0 bridgehead atoms. The molecule has 1 aromatic rings. The summed E-state index contributed by atoms with van der Waals surface area (Å²) < 4.78 is 39.0. The number of benzene rings is 1. The molecule has 1 aliphatic heterocycles. The Morgan fingerprint density at radius 1 is 1.29 bits per heavy atom. The van der Waals surface area contributed by atoms with E-state index in [1.807, 2.05) is 0 Å². The number of likely N-dealkylation sites (tertiary alicyclic amines) is 1. The van der Waals surface area contributed by atoms with E-state index >= 15 is 0 Å². The van der Waals surface area contributed by atoms with E-state index < -0.39 is 23.5 Å². The van der Waals surface area contributed by atoms with Crippen molar-refractivity contribution in [3.05, 3.63) is 29.6 Å². The Morgan fingerprint density at radius 3 is 2.59 bits per heavy atom. The Hall–Kier alpha value is -1.72. The third-order valence-corrected chi connectivity index (χ3v) is 2.79. The van der Waals surface area contributed by atoms with Crippen LogP contribution in [0.3, 0.4) is 0 Å². The highest BCUT2D eigenvalue weighted by atomic mass is 19.2. The number of carbonyl (C=O) groups excluding carboxylic acids is 1. The smallest absolute Gasteiger partial charge is 0.244 e. The fourth-order valence-corrected chi connectivity index (χ4v) is 1.78. The molecule has 0 spiro atoms. The van der Waals surface area contributed by atoms with E-state index in [0.29, 0.717) is 13.0 Å². The number of rotatable bonds is 2. The van der Waals surface area contributed by atoms with Crippen molar-refractivity contribution >= 4 is 11.6 Å². The van der Waals surface area contributed by atoms with Crippen LogP contribution in [0.25, 0.3) is 0 Å². The Labute approximate surface area is 96.2 Å². The van der Waals surface area contributed by atoms with Gasteiger partial charge in [-0.3, -0.25) is 4.79 Å². The van der Waals surface area contributed by atoms with E-state index in [2.05, 4.69) is 5.32 Å². The van der Waals surface area contributed by atoms with Crippen LogP contribution in [0.4, 0.5) is 18.9 Å². The average molecular weight is 244 g/mol. The van der Waals surface area contributed by atoms with Crippen LogP contribution in [0, 0.1) is 17.5 Å². The molecule has 0 aromatic heterocycles. The first-order valence-electron chi connectivity index (χ1n) is 5.15. The number of anilines is 1. The molecular weight excluding hydrogens is 233 g/mol. The van der Waals surface area contributed by atoms with E-state index in [9.17, 15) is 18.0 Å². The summed E-state index contributed by atoms with van der Waals surface area (Å²) in [5.41, 5.74) is -0.197. The minimum absolute atomic E-state index is 0.186. The molecule has 1 amide bonds. The fourth-order valence-electron chi connectivity index (χ4n) is 1.78. The van der Waals surface area contributed by atoms with Crippen LogP contribution in [0.1, 0.15) is 6.42 Å². The maximum Gasteiger partial charge on any atom is 0.244 e. The summed E-state index contributed by atoms with van der Waals surface area (Å²) in [6, 6.07) is 1.32. The first-order valence-corrected chi connectivity index (χ1v) is 5.15. The predicted molar refractivity (Wildman–Crippen MR) is 56.0 cm³/mol. The normalized spacial score (nSPS) is 19.9. The lowest BCUT2D eigenvalue weighted by Crippen LogP contribution is -2.31. The summed E-state index contributed by atoms with van der Waals surface area (Å²) in [4.78, 5) is 13.0. The van der Waals surface area contributed by atoms with Crippen LogP contribution in [-0.4, -0.2) is 30.4 Å². The molecule has 0 saturated carbocycles. The second-order valence-corrected chi connectivity index (χ2v) is 3.97. The molecule has 1 atom stereocenters. The zero-order valence-electron chi connectivity index (χ0n) is 9.14. The third-order valence-electron chi connectivity index (χ3n) is 2.79. The first-order chi connectivity index (χ1) is 8.00. The largest absolute Gasteiger partial charge is 0.371 e. The molecule has 17 heavy (non-hydrogen) atoms. The van der Waals surface area contributed by atoms with Crippen molar-refractivity contribution in [3.63, 3.8) is 0 Å². The zero-order valence-corrected chi connectivity index (χ0v) is 9.14. The summed E-state index contributed by atoms with van der Waals surface area (Å²) in [6.45, 7) is 0.557. The van der Waals surface area contributed by atoms with E-state index in [1.54, 1.807) is 7.05 Å². The molecule has 1 fully saturated rings. The van der Waals surface area contributed by atoms with Crippen LogP contribution in [0.5, 0.6) is 0 Å². The van der Waals surface area contributed by atoms with Gasteiger partial charge < -0.3 is 10.2 Å². The minimum atomic E-state index is -1.53. The van der Waals surface area contributed by atoms with Crippen molar-refractivity contribution < 1.29 is 18.0 Å². The Bertz CT molecular complexity index is 464. The molecule has 0 aliphatic carbocycles. The van der Waals surface area contributed by atoms with E-state index in [1.165, 1.54) is 4.90 Å². The molecule has 1 heterocycles. The van der Waals surface area contributed by atoms with E-state index in [4.69, 9.17) is 0 Å². The van der Waals surface area contributed by atoms with Gasteiger partial charge >= 0.3 is 0 Å². The van der Waals surface area contributed by atoms with Gasteiger partial charge in [-0.1, -0.05) is 0 Å². The number of nitrogens with one attached hydrogen (secondary N) is 1. The van der Waals surface area contributed by atoms with Crippen molar-refractivity contribution in [2.45, 2.75) is 12.5 Å². The van der Waals surface area contributed by atoms with Gasteiger partial charge in [-0.2, -0.15) is 0 Å². The highest BCUT2D eigenvalue weighted by molar-refractivity contribution is 5.86. The molecule has 1 aromatic carbocycles. The Balaban J connectivity index is 2.20. The number of nitrogens with zero attached hydrogens (tertiary/aromatic N) is 1. The van der Waals surface area contributed by atoms with Gasteiger partial charge in [0.2, 0.25) is 5.91 Å². The molecule has 1 unspecified atom stereocenters. The summed E-state index contributed by atoms with van der Waals surface area (Å²) >= 11 is 0. The van der Waals surface area contributed by atoms with Crippen molar-refractivity contribution in [1.29, 1.82) is 0 Å². The topological polar surface area (TPSA) is 32.3 Å². The zero-order chi connectivity index (χ0) is 12.6. The lowest BCUT2D eigenvalue weighted by molar-refractivity contribution is -0.127. The third kappa shape index (κ3) is 2.07. The van der Waals surface area contributed by atoms with Crippen LogP contribution in [0.15, 0.2) is 12.1 Å². The number of amides is 1. The maximum absolute atomic E-state index is 13.3. The Kier molecular flexibility index (Phi) is 2.95. The average Bonchev–Trinajstić information content (AvgIpc) is 2.62. The second-order valence-electron chi connectivity index (χ2n) is 3.97. The SMILES string of the molecule is CN1CCC(Nc2ccc(F)c(F)c2F)C1=O. The number of hydrogen-bond donors (Lipinski definition) is 1. The lowest BCUT2D eigenvalue weighted by atomic mass is 10.2.